The van der Waals surface area contributed by atoms with Gasteiger partial charge < -0.3 is 10.1 Å². The lowest BCUT2D eigenvalue weighted by atomic mass is 10.2. The number of thiocarbonyl (C=S) groups is 1. The zero-order chi connectivity index (χ0) is 18.5. The van der Waals surface area contributed by atoms with Crippen LogP contribution < -0.4 is 10.1 Å². The first-order valence-electron chi connectivity index (χ1n) is 8.38. The summed E-state index contributed by atoms with van der Waals surface area (Å²) in [5, 5.41) is 3.40. The standard InChI is InChI=1S/C20H19FN2O2S/c1-2-10-23-19(24)18(22-20(23)26)12-14-6-8-17(9-7-14)25-13-15-4-3-5-16(21)11-15/h3-9,11-12H,2,10,13H2,1H3,(H,22,26). The van der Waals surface area contributed by atoms with Crippen LogP contribution in [0.15, 0.2) is 54.2 Å². The number of rotatable bonds is 6. The highest BCUT2D eigenvalue weighted by atomic mass is 32.1. The molecule has 1 heterocycles. The zero-order valence-electron chi connectivity index (χ0n) is 14.4. The van der Waals surface area contributed by atoms with Crippen molar-refractivity contribution in [1.29, 1.82) is 0 Å². The Hall–Kier alpha value is -2.73. The van der Waals surface area contributed by atoms with E-state index in [1.807, 2.05) is 37.3 Å². The number of carbonyl (C=O) groups excluding carboxylic acids is 1. The van der Waals surface area contributed by atoms with Crippen LogP contribution in [-0.4, -0.2) is 22.5 Å². The summed E-state index contributed by atoms with van der Waals surface area (Å²) in [5.74, 6) is 0.283. The summed E-state index contributed by atoms with van der Waals surface area (Å²) in [7, 11) is 0. The average molecular weight is 370 g/mol. The van der Waals surface area contributed by atoms with Gasteiger partial charge in [0.05, 0.1) is 0 Å². The van der Waals surface area contributed by atoms with E-state index in [1.165, 1.54) is 12.1 Å². The number of amides is 1. The van der Waals surface area contributed by atoms with Crippen LogP contribution in [-0.2, 0) is 11.4 Å². The molecule has 26 heavy (non-hydrogen) atoms. The first kappa shape index (κ1) is 18.1. The van der Waals surface area contributed by atoms with Crippen molar-refractivity contribution in [3.8, 4) is 5.75 Å². The Balaban J connectivity index is 1.64. The molecule has 0 aliphatic carbocycles. The van der Waals surface area contributed by atoms with Gasteiger partial charge in [-0.25, -0.2) is 4.39 Å². The van der Waals surface area contributed by atoms with E-state index >= 15 is 0 Å². The van der Waals surface area contributed by atoms with Gasteiger partial charge in [-0.05, 0) is 60.1 Å². The van der Waals surface area contributed by atoms with Crippen molar-refractivity contribution < 1.29 is 13.9 Å². The number of hydrogen-bond acceptors (Lipinski definition) is 3. The number of ether oxygens (including phenoxy) is 1. The molecule has 0 radical (unpaired) electrons. The minimum absolute atomic E-state index is 0.108. The molecule has 0 spiro atoms. The van der Waals surface area contributed by atoms with Gasteiger partial charge in [-0.15, -0.1) is 0 Å². The molecule has 1 saturated heterocycles. The number of carbonyl (C=O) groups is 1. The second kappa shape index (κ2) is 8.10. The Morgan fingerprint density at radius 1 is 1.23 bits per heavy atom. The summed E-state index contributed by atoms with van der Waals surface area (Å²) in [4.78, 5) is 13.9. The molecule has 2 aromatic carbocycles. The summed E-state index contributed by atoms with van der Waals surface area (Å²) in [6.45, 7) is 2.90. The van der Waals surface area contributed by atoms with Crippen LogP contribution in [0.1, 0.15) is 24.5 Å². The van der Waals surface area contributed by atoms with Gasteiger partial charge in [0.2, 0.25) is 0 Å². The lowest BCUT2D eigenvalue weighted by molar-refractivity contribution is -0.122. The molecule has 0 saturated carbocycles. The Labute approximate surface area is 157 Å². The Morgan fingerprint density at radius 3 is 2.69 bits per heavy atom. The van der Waals surface area contributed by atoms with Gasteiger partial charge in [-0.2, -0.15) is 0 Å². The summed E-state index contributed by atoms with van der Waals surface area (Å²) < 4.78 is 18.8. The molecule has 134 valence electrons. The molecule has 1 aliphatic rings. The fourth-order valence-corrected chi connectivity index (χ4v) is 2.90. The molecule has 6 heteroatoms. The Kier molecular flexibility index (Phi) is 5.63. The van der Waals surface area contributed by atoms with Crippen LogP contribution in [0.3, 0.4) is 0 Å². The van der Waals surface area contributed by atoms with Crippen LogP contribution in [0.4, 0.5) is 4.39 Å². The summed E-state index contributed by atoms with van der Waals surface area (Å²) in [5.41, 5.74) is 2.10. The maximum atomic E-state index is 13.2. The molecule has 3 rings (SSSR count). The van der Waals surface area contributed by atoms with Gasteiger partial charge in [0.25, 0.3) is 5.91 Å². The fourth-order valence-electron chi connectivity index (χ4n) is 2.62. The first-order valence-corrected chi connectivity index (χ1v) is 8.79. The largest absolute Gasteiger partial charge is 0.489 e. The minimum Gasteiger partial charge on any atom is -0.489 e. The number of nitrogens with one attached hydrogen (secondary N) is 1. The summed E-state index contributed by atoms with van der Waals surface area (Å²) >= 11 is 5.19. The predicted octanol–water partition coefficient (Wildman–Crippen LogP) is 3.87. The third kappa shape index (κ3) is 4.26. The molecule has 0 atom stereocenters. The van der Waals surface area contributed by atoms with Gasteiger partial charge in [-0.1, -0.05) is 31.2 Å². The van der Waals surface area contributed by atoms with E-state index in [-0.39, 0.29) is 11.7 Å². The van der Waals surface area contributed by atoms with Crippen LogP contribution >= 0.6 is 12.2 Å². The van der Waals surface area contributed by atoms with Crippen molar-refractivity contribution in [2.75, 3.05) is 6.54 Å². The fraction of sp³-hybridized carbons (Fsp3) is 0.200. The second-order valence-electron chi connectivity index (χ2n) is 5.93. The Morgan fingerprint density at radius 2 is 2.00 bits per heavy atom. The number of benzene rings is 2. The number of hydrogen-bond donors (Lipinski definition) is 1. The highest BCUT2D eigenvalue weighted by Gasteiger charge is 2.29. The SMILES string of the molecule is CCCN1C(=O)C(=Cc2ccc(OCc3cccc(F)c3)cc2)NC1=S. The first-order chi connectivity index (χ1) is 12.6. The van der Waals surface area contributed by atoms with E-state index in [0.717, 1.165) is 17.5 Å². The third-order valence-electron chi connectivity index (χ3n) is 3.90. The van der Waals surface area contributed by atoms with Crippen molar-refractivity contribution in [2.24, 2.45) is 0 Å². The predicted molar refractivity (Wildman–Crippen MR) is 103 cm³/mol. The van der Waals surface area contributed by atoms with E-state index in [9.17, 15) is 9.18 Å². The molecule has 0 unspecified atom stereocenters. The second-order valence-corrected chi connectivity index (χ2v) is 6.32. The monoisotopic (exact) mass is 370 g/mol. The van der Waals surface area contributed by atoms with Crippen molar-refractivity contribution >= 4 is 29.3 Å². The van der Waals surface area contributed by atoms with E-state index in [0.29, 0.717) is 29.7 Å². The molecule has 4 nitrogen and oxygen atoms in total. The van der Waals surface area contributed by atoms with Crippen molar-refractivity contribution in [2.45, 2.75) is 20.0 Å². The molecule has 1 amide bonds. The van der Waals surface area contributed by atoms with Gasteiger partial charge in [0.1, 0.15) is 23.9 Å². The zero-order valence-corrected chi connectivity index (χ0v) is 15.2. The maximum absolute atomic E-state index is 13.2. The molecule has 0 bridgehead atoms. The highest BCUT2D eigenvalue weighted by Crippen LogP contribution is 2.18. The van der Waals surface area contributed by atoms with E-state index in [2.05, 4.69) is 5.32 Å². The van der Waals surface area contributed by atoms with Crippen molar-refractivity contribution in [3.05, 3.63) is 71.2 Å². The van der Waals surface area contributed by atoms with Crippen LogP contribution in [0.25, 0.3) is 6.08 Å². The molecular weight excluding hydrogens is 351 g/mol. The van der Waals surface area contributed by atoms with Gasteiger partial charge in [0.15, 0.2) is 5.11 Å². The summed E-state index contributed by atoms with van der Waals surface area (Å²) in [6.07, 6.45) is 2.61. The van der Waals surface area contributed by atoms with E-state index in [4.69, 9.17) is 17.0 Å². The molecule has 1 aliphatic heterocycles. The van der Waals surface area contributed by atoms with Crippen LogP contribution in [0, 0.1) is 5.82 Å². The number of halogens is 1. The Bertz CT molecular complexity index is 849. The molecule has 2 aromatic rings. The van der Waals surface area contributed by atoms with Crippen molar-refractivity contribution in [3.63, 3.8) is 0 Å². The topological polar surface area (TPSA) is 41.6 Å². The van der Waals surface area contributed by atoms with Crippen LogP contribution in [0.5, 0.6) is 5.75 Å². The summed E-state index contributed by atoms with van der Waals surface area (Å²) in [6, 6.07) is 13.6. The van der Waals surface area contributed by atoms with Gasteiger partial charge >= 0.3 is 0 Å². The quantitative estimate of drug-likeness (QED) is 0.619. The smallest absolute Gasteiger partial charge is 0.276 e. The average Bonchev–Trinajstić information content (AvgIpc) is 2.89. The number of nitrogens with zero attached hydrogens (tertiary/aromatic N) is 1. The van der Waals surface area contributed by atoms with E-state index < -0.39 is 0 Å². The molecule has 1 fully saturated rings. The lowest BCUT2D eigenvalue weighted by Gasteiger charge is -2.11. The molecule has 0 aromatic heterocycles. The maximum Gasteiger partial charge on any atom is 0.276 e. The molecule has 1 N–H and O–H groups in total. The minimum atomic E-state index is -0.281. The normalized spacial score (nSPS) is 15.5. The third-order valence-corrected chi connectivity index (χ3v) is 4.22. The van der Waals surface area contributed by atoms with Gasteiger partial charge in [0, 0.05) is 6.54 Å². The molecular formula is C20H19FN2O2S. The van der Waals surface area contributed by atoms with Crippen LogP contribution in [0.2, 0.25) is 0 Å². The highest BCUT2D eigenvalue weighted by molar-refractivity contribution is 7.80. The van der Waals surface area contributed by atoms with Crippen molar-refractivity contribution in [1.82, 2.24) is 10.2 Å². The van der Waals surface area contributed by atoms with E-state index in [1.54, 1.807) is 17.0 Å². The lowest BCUT2D eigenvalue weighted by Crippen LogP contribution is -2.31. The van der Waals surface area contributed by atoms with Gasteiger partial charge in [-0.3, -0.25) is 9.69 Å².